The van der Waals surface area contributed by atoms with E-state index in [0.29, 0.717) is 11.3 Å². The second-order valence-electron chi connectivity index (χ2n) is 4.59. The molecule has 0 saturated heterocycles. The third kappa shape index (κ3) is 2.41. The summed E-state index contributed by atoms with van der Waals surface area (Å²) in [5.74, 6) is -0.939. The molecule has 0 saturated carbocycles. The molecule has 1 aliphatic carbocycles. The maximum absolute atomic E-state index is 12.3. The van der Waals surface area contributed by atoms with Crippen LogP contribution < -0.4 is 25.9 Å². The zero-order chi connectivity index (χ0) is 15.7. The number of methoxy groups -OCH3 is 1. The monoisotopic (exact) mass is 407 g/mol. The first-order valence-electron chi connectivity index (χ1n) is 6.53. The lowest BCUT2D eigenvalue weighted by Crippen LogP contribution is -3.61. The predicted molar refractivity (Wildman–Crippen MR) is 77.0 cm³/mol. The Morgan fingerprint density at radius 1 is 0.955 bits per heavy atom. The summed E-state index contributed by atoms with van der Waals surface area (Å²) < 4.78 is 6.39. The molecule has 0 unspecified atom stereocenters. The van der Waals surface area contributed by atoms with E-state index >= 15 is 0 Å². The number of aliphatic hydroxyl groups is 1. The Kier molecular flexibility index (Phi) is 3.98. The Morgan fingerprint density at radius 3 is 2.36 bits per heavy atom. The van der Waals surface area contributed by atoms with Crippen LogP contribution in [0.15, 0.2) is 52.1 Å². The number of carbonyl (C=O) groups is 2. The molecule has 0 aliphatic heterocycles. The van der Waals surface area contributed by atoms with Crippen molar-refractivity contribution in [3.63, 3.8) is 0 Å². The number of Topliss-reactive ketones (excluding diaryl/α,β-unsaturated/α-hetero) is 2. The van der Waals surface area contributed by atoms with Gasteiger partial charge in [-0.05, 0) is 24.3 Å². The predicted octanol–water partition coefficient (Wildman–Crippen LogP) is -0.354. The van der Waals surface area contributed by atoms with Crippen molar-refractivity contribution in [3.05, 3.63) is 66.8 Å². The normalized spacial score (nSPS) is 14.0. The molecule has 0 fully saturated rings. The molecule has 2 aromatic carbocycles. The van der Waals surface area contributed by atoms with E-state index in [1.165, 1.54) is 13.2 Å². The molecule has 0 bridgehead atoms. The average Bonchev–Trinajstić information content (AvgIpc) is 2.57. The first-order valence-corrected chi connectivity index (χ1v) is 8.68. The first-order chi connectivity index (χ1) is 10.6. The van der Waals surface area contributed by atoms with Crippen molar-refractivity contribution in [1.29, 1.82) is 0 Å². The highest BCUT2D eigenvalue weighted by molar-refractivity contribution is 6.51. The molecule has 1 N–H and O–H groups in total. The van der Waals surface area contributed by atoms with E-state index in [1.807, 2.05) is 30.3 Å². The van der Waals surface area contributed by atoms with Crippen molar-refractivity contribution in [2.24, 2.45) is 0 Å². The molecule has 1 aliphatic rings. The maximum atomic E-state index is 12.3. The summed E-state index contributed by atoms with van der Waals surface area (Å²) in [6.45, 7) is 0. The third-order valence-electron chi connectivity index (χ3n) is 3.28. The summed E-state index contributed by atoms with van der Waals surface area (Å²) in [7, 11) is 1.47. The molecular weight excluding hydrogens is 395 g/mol. The van der Waals surface area contributed by atoms with Gasteiger partial charge >= 0.3 is 21.2 Å². The Bertz CT molecular complexity index is 794. The quantitative estimate of drug-likeness (QED) is 0.558. The van der Waals surface area contributed by atoms with Gasteiger partial charge in [-0.1, -0.05) is 24.3 Å². The van der Waals surface area contributed by atoms with Crippen LogP contribution in [0.2, 0.25) is 0 Å². The lowest BCUT2D eigenvalue weighted by molar-refractivity contribution is -0.569. The maximum Gasteiger partial charge on any atom is 0.366 e. The SMILES string of the molecule is COc1cccc2c1C(O)=C([I+]c1ccccc1)C(=O)C2=O. The molecule has 0 radical (unpaired) electrons. The van der Waals surface area contributed by atoms with E-state index in [-0.39, 0.29) is 14.9 Å². The fourth-order valence-electron chi connectivity index (χ4n) is 2.25. The molecule has 22 heavy (non-hydrogen) atoms. The van der Waals surface area contributed by atoms with Crippen LogP contribution in [0.1, 0.15) is 15.9 Å². The smallest absolute Gasteiger partial charge is 0.366 e. The summed E-state index contributed by atoms with van der Waals surface area (Å²) in [6.07, 6.45) is 0. The van der Waals surface area contributed by atoms with Gasteiger partial charge in [0.15, 0.2) is 9.33 Å². The summed E-state index contributed by atoms with van der Waals surface area (Å²) >= 11 is -0.942. The number of ketones is 2. The number of benzene rings is 2. The molecular formula is C17H12IO4+. The Balaban J connectivity index is 2.16. The van der Waals surface area contributed by atoms with E-state index in [9.17, 15) is 14.7 Å². The van der Waals surface area contributed by atoms with Gasteiger partial charge in [-0.3, -0.25) is 9.59 Å². The fraction of sp³-hybridized carbons (Fsp3) is 0.0588. The highest BCUT2D eigenvalue weighted by Crippen LogP contribution is 2.32. The highest BCUT2D eigenvalue weighted by atomic mass is 127. The summed E-state index contributed by atoms with van der Waals surface area (Å²) in [4.78, 5) is 24.6. The largest absolute Gasteiger partial charge is 0.503 e. The highest BCUT2D eigenvalue weighted by Gasteiger charge is 2.43. The van der Waals surface area contributed by atoms with Gasteiger partial charge in [0.05, 0.1) is 12.7 Å². The molecule has 3 rings (SSSR count). The first kappa shape index (κ1) is 14.8. The van der Waals surface area contributed by atoms with E-state index < -0.39 is 32.8 Å². The van der Waals surface area contributed by atoms with E-state index in [0.717, 1.165) is 3.57 Å². The zero-order valence-corrected chi connectivity index (χ0v) is 13.8. The lowest BCUT2D eigenvalue weighted by atomic mass is 9.93. The minimum Gasteiger partial charge on any atom is -0.503 e. The second kappa shape index (κ2) is 5.92. The number of hydrogen-bond donors (Lipinski definition) is 1. The van der Waals surface area contributed by atoms with Crippen molar-refractivity contribution in [3.8, 4) is 5.75 Å². The van der Waals surface area contributed by atoms with Crippen LogP contribution in [0, 0.1) is 3.57 Å². The number of fused-ring (bicyclic) bond motifs is 1. The van der Waals surface area contributed by atoms with Gasteiger partial charge in [-0.25, -0.2) is 0 Å². The minimum absolute atomic E-state index is 0.131. The molecule has 0 amide bonds. The number of halogens is 1. The number of hydrogen-bond acceptors (Lipinski definition) is 4. The Labute approximate surface area is 137 Å². The van der Waals surface area contributed by atoms with Crippen molar-refractivity contribution in [2.45, 2.75) is 0 Å². The van der Waals surface area contributed by atoms with Gasteiger partial charge in [-0.2, -0.15) is 0 Å². The molecule has 0 heterocycles. The van der Waals surface area contributed by atoms with Gasteiger partial charge < -0.3 is 9.84 Å². The van der Waals surface area contributed by atoms with Crippen LogP contribution in [0.25, 0.3) is 5.76 Å². The lowest BCUT2D eigenvalue weighted by Gasteiger charge is -2.15. The van der Waals surface area contributed by atoms with E-state index in [2.05, 4.69) is 0 Å². The second-order valence-corrected chi connectivity index (χ2v) is 7.46. The number of rotatable bonds is 3. The van der Waals surface area contributed by atoms with Gasteiger partial charge in [-0.15, -0.1) is 0 Å². The molecule has 5 heteroatoms. The topological polar surface area (TPSA) is 63.6 Å². The summed E-state index contributed by atoms with van der Waals surface area (Å²) in [5.41, 5.74) is 0.517. The minimum atomic E-state index is -0.942. The molecule has 0 aromatic heterocycles. The molecule has 4 nitrogen and oxygen atoms in total. The molecule has 0 atom stereocenters. The van der Waals surface area contributed by atoms with Gasteiger partial charge in [0.1, 0.15) is 5.75 Å². The number of ether oxygens (including phenoxy) is 1. The third-order valence-corrected chi connectivity index (χ3v) is 6.16. The fourth-order valence-corrected chi connectivity index (χ4v) is 4.66. The van der Waals surface area contributed by atoms with E-state index in [4.69, 9.17) is 4.74 Å². The van der Waals surface area contributed by atoms with Crippen molar-refractivity contribution >= 4 is 17.3 Å². The van der Waals surface area contributed by atoms with Crippen molar-refractivity contribution < 1.29 is 40.6 Å². The van der Waals surface area contributed by atoms with Crippen LogP contribution in [0.5, 0.6) is 5.75 Å². The standard InChI is InChI=1S/C17H11IO4/c1-22-12-9-5-8-11-13(12)16(20)14(17(21)15(11)19)18-10-6-3-2-4-7-10/h2-9H,1H3/p+1. The van der Waals surface area contributed by atoms with Crippen LogP contribution in [0.4, 0.5) is 0 Å². The molecule has 0 spiro atoms. The van der Waals surface area contributed by atoms with Gasteiger partial charge in [0.25, 0.3) is 9.36 Å². The van der Waals surface area contributed by atoms with Crippen molar-refractivity contribution in [1.82, 2.24) is 0 Å². The molecule has 2 aromatic rings. The van der Waals surface area contributed by atoms with Crippen LogP contribution >= 0.6 is 0 Å². The Morgan fingerprint density at radius 2 is 1.68 bits per heavy atom. The average molecular weight is 407 g/mol. The van der Waals surface area contributed by atoms with Gasteiger partial charge in [0.2, 0.25) is 5.78 Å². The van der Waals surface area contributed by atoms with Crippen molar-refractivity contribution in [2.75, 3.05) is 7.11 Å². The van der Waals surface area contributed by atoms with Gasteiger partial charge in [0, 0.05) is 5.56 Å². The van der Waals surface area contributed by atoms with Crippen LogP contribution in [0.3, 0.4) is 0 Å². The number of carbonyl (C=O) groups excluding carboxylic acids is 2. The summed E-state index contributed by atoms with van der Waals surface area (Å²) in [5, 5.41) is 10.5. The zero-order valence-electron chi connectivity index (χ0n) is 11.7. The van der Waals surface area contributed by atoms with E-state index in [1.54, 1.807) is 12.1 Å². The Hall–Kier alpha value is -2.15. The molecule has 110 valence electrons. The van der Waals surface area contributed by atoms with Crippen LogP contribution in [-0.4, -0.2) is 23.8 Å². The summed E-state index contributed by atoms with van der Waals surface area (Å²) in [6, 6.07) is 14.2. The number of aliphatic hydroxyl groups excluding tert-OH is 1. The number of allylic oxidation sites excluding steroid dienone is 1. The van der Waals surface area contributed by atoms with Crippen LogP contribution in [-0.2, 0) is 4.79 Å².